The van der Waals surface area contributed by atoms with E-state index >= 15 is 0 Å². The molecule has 1 aromatic carbocycles. The van der Waals surface area contributed by atoms with E-state index in [9.17, 15) is 9.59 Å². The van der Waals surface area contributed by atoms with Gasteiger partial charge in [0.15, 0.2) is 11.5 Å². The zero-order valence-electron chi connectivity index (χ0n) is 17.4. The average Bonchev–Trinajstić information content (AvgIpc) is 2.64. The molecule has 0 aromatic heterocycles. The van der Waals surface area contributed by atoms with Gasteiger partial charge in [-0.3, -0.25) is 9.59 Å². The van der Waals surface area contributed by atoms with Gasteiger partial charge in [-0.05, 0) is 32.9 Å². The predicted molar refractivity (Wildman–Crippen MR) is 108 cm³/mol. The van der Waals surface area contributed by atoms with E-state index in [1.165, 1.54) is 0 Å². The minimum Gasteiger partial charge on any atom is -0.493 e. The van der Waals surface area contributed by atoms with E-state index in [2.05, 4.69) is 0 Å². The second-order valence-corrected chi connectivity index (χ2v) is 8.51. The number of ether oxygens (including phenoxy) is 4. The van der Waals surface area contributed by atoms with Crippen molar-refractivity contribution in [1.29, 1.82) is 0 Å². The van der Waals surface area contributed by atoms with E-state index in [1.807, 2.05) is 26.8 Å². The van der Waals surface area contributed by atoms with Crippen LogP contribution in [-0.2, 0) is 14.3 Å². The van der Waals surface area contributed by atoms with E-state index in [4.69, 9.17) is 18.9 Å². The quantitative estimate of drug-likeness (QED) is 0.637. The number of rotatable bonds is 7. The van der Waals surface area contributed by atoms with E-state index in [0.29, 0.717) is 29.4 Å². The molecule has 1 fully saturated rings. The molecule has 1 heterocycles. The molecular weight excluding hydrogens is 382 g/mol. The van der Waals surface area contributed by atoms with Gasteiger partial charge in [0.05, 0.1) is 27.8 Å². The van der Waals surface area contributed by atoms with Gasteiger partial charge in [0.25, 0.3) is 0 Å². The molecule has 156 valence electrons. The van der Waals surface area contributed by atoms with Crippen molar-refractivity contribution < 1.29 is 28.5 Å². The van der Waals surface area contributed by atoms with Crippen molar-refractivity contribution in [2.45, 2.75) is 44.6 Å². The Bertz CT molecular complexity index is 715. The lowest BCUT2D eigenvalue weighted by atomic mass is 10.1. The van der Waals surface area contributed by atoms with Crippen molar-refractivity contribution in [1.82, 2.24) is 4.90 Å². The highest BCUT2D eigenvalue weighted by Crippen LogP contribution is 2.48. The molecule has 1 aromatic rings. The second-order valence-electron chi connectivity index (χ2n) is 7.32. The maximum atomic E-state index is 12.6. The van der Waals surface area contributed by atoms with Gasteiger partial charge in [0.1, 0.15) is 11.0 Å². The molecule has 1 atom stereocenters. The van der Waals surface area contributed by atoms with Gasteiger partial charge in [-0.1, -0.05) is 0 Å². The zero-order valence-corrected chi connectivity index (χ0v) is 18.2. The summed E-state index contributed by atoms with van der Waals surface area (Å²) in [7, 11) is 4.66. The summed E-state index contributed by atoms with van der Waals surface area (Å²) in [5, 5.41) is -0.279. The largest absolute Gasteiger partial charge is 0.493 e. The van der Waals surface area contributed by atoms with E-state index in [-0.39, 0.29) is 30.2 Å². The molecule has 2 rings (SSSR count). The number of hydrogen-bond donors (Lipinski definition) is 0. The molecule has 1 saturated heterocycles. The topological polar surface area (TPSA) is 74.3 Å². The van der Waals surface area contributed by atoms with Gasteiger partial charge in [0, 0.05) is 24.3 Å². The molecule has 1 unspecified atom stereocenters. The normalized spacial score (nSPS) is 17.3. The van der Waals surface area contributed by atoms with Crippen LogP contribution in [0.1, 0.15) is 44.6 Å². The van der Waals surface area contributed by atoms with Gasteiger partial charge in [-0.2, -0.15) is 0 Å². The van der Waals surface area contributed by atoms with Crippen LogP contribution in [0.2, 0.25) is 0 Å². The number of thioether (sulfide) groups is 1. The molecule has 7 nitrogen and oxygen atoms in total. The number of benzene rings is 1. The Balaban J connectivity index is 2.29. The summed E-state index contributed by atoms with van der Waals surface area (Å²) in [6, 6.07) is 3.67. The molecule has 0 bridgehead atoms. The first kappa shape index (κ1) is 22.2. The van der Waals surface area contributed by atoms with Crippen LogP contribution in [0.3, 0.4) is 0 Å². The van der Waals surface area contributed by atoms with Crippen LogP contribution in [0.4, 0.5) is 0 Å². The number of hydrogen-bond acceptors (Lipinski definition) is 7. The fourth-order valence-electron chi connectivity index (χ4n) is 3.04. The lowest BCUT2D eigenvalue weighted by Gasteiger charge is -2.36. The molecular formula is C20H29NO6S. The van der Waals surface area contributed by atoms with Crippen molar-refractivity contribution in [2.24, 2.45) is 0 Å². The summed E-state index contributed by atoms with van der Waals surface area (Å²) < 4.78 is 21.8. The Labute approximate surface area is 170 Å². The van der Waals surface area contributed by atoms with Crippen LogP contribution >= 0.6 is 11.8 Å². The summed E-state index contributed by atoms with van der Waals surface area (Å²) in [5.41, 5.74) is 0.256. The molecule has 1 aliphatic rings. The van der Waals surface area contributed by atoms with Gasteiger partial charge in [-0.25, -0.2) is 0 Å². The van der Waals surface area contributed by atoms with Crippen LogP contribution in [-0.4, -0.2) is 56.0 Å². The second kappa shape index (κ2) is 9.41. The molecule has 0 saturated carbocycles. The number of methoxy groups -OCH3 is 3. The highest BCUT2D eigenvalue weighted by atomic mass is 32.2. The Hall–Kier alpha value is -2.09. The van der Waals surface area contributed by atoms with Crippen molar-refractivity contribution in [3.05, 3.63) is 17.7 Å². The minimum atomic E-state index is -0.552. The number of carbonyl (C=O) groups is 2. The zero-order chi connectivity index (χ0) is 20.9. The Morgan fingerprint density at radius 3 is 2.39 bits per heavy atom. The summed E-state index contributed by atoms with van der Waals surface area (Å²) in [6.45, 7) is 5.75. The molecule has 0 N–H and O–H groups in total. The molecule has 0 aliphatic carbocycles. The smallest absolute Gasteiger partial charge is 0.308 e. The third-order valence-corrected chi connectivity index (χ3v) is 5.44. The first-order chi connectivity index (χ1) is 13.2. The molecule has 0 radical (unpaired) electrons. The Morgan fingerprint density at radius 2 is 1.82 bits per heavy atom. The number of carbonyl (C=O) groups excluding carboxylic acids is 2. The van der Waals surface area contributed by atoms with E-state index < -0.39 is 5.60 Å². The summed E-state index contributed by atoms with van der Waals surface area (Å²) in [5.74, 6) is 1.93. The lowest BCUT2D eigenvalue weighted by molar-refractivity contribution is -0.155. The van der Waals surface area contributed by atoms with Gasteiger partial charge in [0.2, 0.25) is 11.7 Å². The molecule has 8 heteroatoms. The average molecular weight is 412 g/mol. The van der Waals surface area contributed by atoms with Crippen molar-refractivity contribution in [2.75, 3.05) is 33.6 Å². The maximum absolute atomic E-state index is 12.6. The number of nitrogens with zero attached hydrogens (tertiary/aromatic N) is 1. The maximum Gasteiger partial charge on any atom is 0.308 e. The first-order valence-corrected chi connectivity index (χ1v) is 10.2. The highest BCUT2D eigenvalue weighted by molar-refractivity contribution is 7.99. The van der Waals surface area contributed by atoms with Gasteiger partial charge >= 0.3 is 5.97 Å². The fraction of sp³-hybridized carbons (Fsp3) is 0.600. The monoisotopic (exact) mass is 411 g/mol. The van der Waals surface area contributed by atoms with Crippen LogP contribution < -0.4 is 14.2 Å². The lowest BCUT2D eigenvalue weighted by Crippen LogP contribution is -2.39. The van der Waals surface area contributed by atoms with Crippen molar-refractivity contribution in [3.63, 3.8) is 0 Å². The Kier molecular flexibility index (Phi) is 7.46. The predicted octanol–water partition coefficient (Wildman–Crippen LogP) is 3.41. The third-order valence-electron chi connectivity index (χ3n) is 4.17. The molecule has 0 spiro atoms. The molecule has 28 heavy (non-hydrogen) atoms. The molecule has 1 amide bonds. The van der Waals surface area contributed by atoms with E-state index in [0.717, 1.165) is 5.56 Å². The standard InChI is InChI=1S/C20H29NO6S/c1-20(2,3)27-16(23)9-11-21-15(22)10-12-28-19(21)13-7-8-14(24-4)18(26-6)17(13)25-5/h7-8,19H,9-12H2,1-6H3. The number of esters is 1. The van der Waals surface area contributed by atoms with Crippen molar-refractivity contribution in [3.8, 4) is 17.2 Å². The molecule has 1 aliphatic heterocycles. The Morgan fingerprint density at radius 1 is 1.14 bits per heavy atom. The van der Waals surface area contributed by atoms with Crippen LogP contribution in [0.15, 0.2) is 12.1 Å². The minimum absolute atomic E-state index is 0.00384. The van der Waals surface area contributed by atoms with Crippen LogP contribution in [0, 0.1) is 0 Å². The van der Waals surface area contributed by atoms with Gasteiger partial charge < -0.3 is 23.8 Å². The highest BCUT2D eigenvalue weighted by Gasteiger charge is 2.34. The summed E-state index contributed by atoms with van der Waals surface area (Å²) >= 11 is 1.63. The van der Waals surface area contributed by atoms with Crippen LogP contribution in [0.25, 0.3) is 0 Å². The van der Waals surface area contributed by atoms with Crippen molar-refractivity contribution >= 4 is 23.6 Å². The summed E-state index contributed by atoms with van der Waals surface area (Å²) in [4.78, 5) is 26.5. The van der Waals surface area contributed by atoms with Crippen LogP contribution in [0.5, 0.6) is 17.2 Å². The SMILES string of the molecule is COc1ccc(C2SCCC(=O)N2CCC(=O)OC(C)(C)C)c(OC)c1OC. The fourth-order valence-corrected chi connectivity index (χ4v) is 4.33. The van der Waals surface area contributed by atoms with E-state index in [1.54, 1.807) is 44.1 Å². The number of amides is 1. The first-order valence-electron chi connectivity index (χ1n) is 9.13. The van der Waals surface area contributed by atoms with Gasteiger partial charge in [-0.15, -0.1) is 11.8 Å². The third kappa shape index (κ3) is 5.25. The summed E-state index contributed by atoms with van der Waals surface area (Å²) in [6.07, 6.45) is 0.570.